The van der Waals surface area contributed by atoms with E-state index in [2.05, 4.69) is 5.32 Å². The molecule has 1 aliphatic heterocycles. The number of hydrogen-bond acceptors (Lipinski definition) is 3. The maximum absolute atomic E-state index is 12.3. The first-order valence-corrected chi connectivity index (χ1v) is 7.49. The van der Waals surface area contributed by atoms with Crippen LogP contribution in [0.4, 0.5) is 10.5 Å². The van der Waals surface area contributed by atoms with E-state index in [0.29, 0.717) is 18.7 Å². The number of amides is 2. The highest BCUT2D eigenvalue weighted by Crippen LogP contribution is 2.24. The van der Waals surface area contributed by atoms with Crippen molar-refractivity contribution in [3.63, 3.8) is 0 Å². The van der Waals surface area contributed by atoms with Crippen LogP contribution >= 0.6 is 11.3 Å². The number of urea groups is 1. The monoisotopic (exact) mass is 302 g/mol. The molecule has 5 nitrogen and oxygen atoms in total. The molecule has 6 heteroatoms. The summed E-state index contributed by atoms with van der Waals surface area (Å²) in [6.45, 7) is 0.309. The number of carbonyl (C=O) groups excluding carboxylic acids is 1. The Morgan fingerprint density at radius 1 is 1.24 bits per heavy atom. The third kappa shape index (κ3) is 2.75. The second kappa shape index (κ2) is 5.57. The predicted octanol–water partition coefficient (Wildman–Crippen LogP) is 2.79. The Labute approximate surface area is 125 Å². The number of carboxylic acid groups (broad SMARTS) is 1. The van der Waals surface area contributed by atoms with Gasteiger partial charge in [0.2, 0.25) is 0 Å². The van der Waals surface area contributed by atoms with Crippen LogP contribution in [-0.4, -0.2) is 28.0 Å². The van der Waals surface area contributed by atoms with Gasteiger partial charge in [0.05, 0.1) is 5.69 Å². The van der Waals surface area contributed by atoms with E-state index in [9.17, 15) is 14.7 Å². The van der Waals surface area contributed by atoms with Crippen molar-refractivity contribution in [2.24, 2.45) is 0 Å². The number of anilines is 1. The van der Waals surface area contributed by atoms with E-state index in [1.807, 2.05) is 35.0 Å². The van der Waals surface area contributed by atoms with Crippen molar-refractivity contribution in [1.29, 1.82) is 0 Å². The Bertz CT molecular complexity index is 669. The molecule has 0 saturated carbocycles. The molecule has 1 aliphatic rings. The maximum Gasteiger partial charge on any atom is 0.326 e. The molecule has 2 amide bonds. The minimum absolute atomic E-state index is 0.309. The predicted molar refractivity (Wildman–Crippen MR) is 80.5 cm³/mol. The molecular weight excluding hydrogens is 288 g/mol. The Morgan fingerprint density at radius 3 is 2.67 bits per heavy atom. The summed E-state index contributed by atoms with van der Waals surface area (Å²) in [4.78, 5) is 25.2. The summed E-state index contributed by atoms with van der Waals surface area (Å²) in [5, 5.41) is 15.8. The third-order valence-corrected chi connectivity index (χ3v) is 4.25. The van der Waals surface area contributed by atoms with Gasteiger partial charge in [-0.05, 0) is 22.6 Å². The molecule has 3 rings (SSSR count). The number of nitrogens with zero attached hydrogens (tertiary/aromatic N) is 1. The van der Waals surface area contributed by atoms with Gasteiger partial charge in [0.1, 0.15) is 6.04 Å². The smallest absolute Gasteiger partial charge is 0.326 e. The largest absolute Gasteiger partial charge is 0.480 e. The highest BCUT2D eigenvalue weighted by molar-refractivity contribution is 7.08. The summed E-state index contributed by atoms with van der Waals surface area (Å²) in [5.74, 6) is -0.982. The van der Waals surface area contributed by atoms with Gasteiger partial charge in [0, 0.05) is 18.3 Å². The van der Waals surface area contributed by atoms with Gasteiger partial charge in [-0.25, -0.2) is 9.59 Å². The van der Waals surface area contributed by atoms with Gasteiger partial charge in [-0.1, -0.05) is 24.3 Å². The zero-order chi connectivity index (χ0) is 14.8. The fourth-order valence-electron chi connectivity index (χ4n) is 2.49. The van der Waals surface area contributed by atoms with Gasteiger partial charge >= 0.3 is 12.0 Å². The number of carboxylic acids is 1. The molecule has 1 aromatic heterocycles. The van der Waals surface area contributed by atoms with Crippen molar-refractivity contribution in [2.75, 3.05) is 5.32 Å². The van der Waals surface area contributed by atoms with Crippen molar-refractivity contribution in [3.8, 4) is 0 Å². The second-order valence-corrected chi connectivity index (χ2v) is 5.68. The molecule has 1 aromatic carbocycles. The summed E-state index contributed by atoms with van der Waals surface area (Å²) in [6.07, 6.45) is 0.336. The third-order valence-electron chi connectivity index (χ3n) is 3.57. The van der Waals surface area contributed by atoms with Crippen LogP contribution in [0.25, 0.3) is 0 Å². The fourth-order valence-corrected chi connectivity index (χ4v) is 3.08. The lowest BCUT2D eigenvalue weighted by Crippen LogP contribution is -2.50. The molecule has 0 fully saturated rings. The summed E-state index contributed by atoms with van der Waals surface area (Å²) in [5.41, 5.74) is 2.67. The van der Waals surface area contributed by atoms with Crippen LogP contribution in [0.2, 0.25) is 0 Å². The number of benzene rings is 1. The van der Waals surface area contributed by atoms with Crippen LogP contribution in [0.15, 0.2) is 41.1 Å². The van der Waals surface area contributed by atoms with Crippen LogP contribution in [0, 0.1) is 0 Å². The molecule has 0 bridgehead atoms. The molecule has 1 atom stereocenters. The summed E-state index contributed by atoms with van der Waals surface area (Å²) >= 11 is 1.47. The Kier molecular flexibility index (Phi) is 3.62. The average molecular weight is 302 g/mol. The number of thiophene rings is 1. The number of hydrogen-bond donors (Lipinski definition) is 2. The number of aliphatic carboxylic acids is 1. The number of fused-ring (bicyclic) bond motifs is 1. The molecule has 0 spiro atoms. The van der Waals surface area contributed by atoms with E-state index < -0.39 is 12.0 Å². The van der Waals surface area contributed by atoms with Crippen molar-refractivity contribution >= 4 is 29.0 Å². The standard InChI is InChI=1S/C15H14N2O3S/c18-14(19)13-7-10-3-1-2-4-11(10)8-17(13)15(20)16-12-5-6-21-9-12/h1-6,9,13H,7-8H2,(H,16,20)(H,18,19). The SMILES string of the molecule is O=C(O)C1Cc2ccccc2CN1C(=O)Nc1ccsc1. The molecule has 0 aliphatic carbocycles. The molecule has 0 saturated heterocycles. The number of carbonyl (C=O) groups is 2. The molecule has 1 unspecified atom stereocenters. The average Bonchev–Trinajstić information content (AvgIpc) is 2.98. The lowest BCUT2D eigenvalue weighted by atomic mass is 9.94. The topological polar surface area (TPSA) is 69.6 Å². The quantitative estimate of drug-likeness (QED) is 0.896. The number of rotatable bonds is 2. The maximum atomic E-state index is 12.3. The highest BCUT2D eigenvalue weighted by Gasteiger charge is 2.34. The zero-order valence-electron chi connectivity index (χ0n) is 11.2. The lowest BCUT2D eigenvalue weighted by molar-refractivity contribution is -0.142. The van der Waals surface area contributed by atoms with Gasteiger partial charge in [0.25, 0.3) is 0 Å². The van der Waals surface area contributed by atoms with Gasteiger partial charge in [-0.2, -0.15) is 11.3 Å². The Balaban J connectivity index is 1.85. The molecule has 2 aromatic rings. The fraction of sp³-hybridized carbons (Fsp3) is 0.200. The van der Waals surface area contributed by atoms with E-state index in [4.69, 9.17) is 0 Å². The van der Waals surface area contributed by atoms with Gasteiger partial charge in [-0.3, -0.25) is 0 Å². The first kappa shape index (κ1) is 13.6. The summed E-state index contributed by atoms with van der Waals surface area (Å²) < 4.78 is 0. The van der Waals surface area contributed by atoms with Crippen LogP contribution in [-0.2, 0) is 17.8 Å². The minimum atomic E-state index is -0.982. The highest BCUT2D eigenvalue weighted by atomic mass is 32.1. The molecule has 2 N–H and O–H groups in total. The van der Waals surface area contributed by atoms with E-state index in [1.165, 1.54) is 16.2 Å². The second-order valence-electron chi connectivity index (χ2n) is 4.90. The van der Waals surface area contributed by atoms with Crippen molar-refractivity contribution in [2.45, 2.75) is 19.0 Å². The van der Waals surface area contributed by atoms with Crippen molar-refractivity contribution in [1.82, 2.24) is 4.90 Å². The van der Waals surface area contributed by atoms with Crippen LogP contribution in [0.5, 0.6) is 0 Å². The lowest BCUT2D eigenvalue weighted by Gasteiger charge is -2.34. The number of nitrogens with one attached hydrogen (secondary N) is 1. The van der Waals surface area contributed by atoms with E-state index in [-0.39, 0.29) is 6.03 Å². The molecular formula is C15H14N2O3S. The first-order valence-electron chi connectivity index (χ1n) is 6.54. The Hall–Kier alpha value is -2.34. The van der Waals surface area contributed by atoms with Crippen LogP contribution in [0.1, 0.15) is 11.1 Å². The summed E-state index contributed by atoms with van der Waals surface area (Å²) in [7, 11) is 0. The van der Waals surface area contributed by atoms with E-state index in [1.54, 1.807) is 6.07 Å². The van der Waals surface area contributed by atoms with Gasteiger partial charge in [-0.15, -0.1) is 0 Å². The van der Waals surface area contributed by atoms with Gasteiger partial charge < -0.3 is 15.3 Å². The minimum Gasteiger partial charge on any atom is -0.480 e. The molecule has 2 heterocycles. The van der Waals surface area contributed by atoms with Crippen molar-refractivity contribution < 1.29 is 14.7 Å². The van der Waals surface area contributed by atoms with Gasteiger partial charge in [0.15, 0.2) is 0 Å². The van der Waals surface area contributed by atoms with Crippen LogP contribution < -0.4 is 5.32 Å². The molecule has 21 heavy (non-hydrogen) atoms. The Morgan fingerprint density at radius 2 is 2.00 bits per heavy atom. The van der Waals surface area contributed by atoms with E-state index >= 15 is 0 Å². The van der Waals surface area contributed by atoms with E-state index in [0.717, 1.165) is 11.1 Å². The molecule has 108 valence electrons. The van der Waals surface area contributed by atoms with Crippen LogP contribution in [0.3, 0.4) is 0 Å². The first-order chi connectivity index (χ1) is 10.1. The van der Waals surface area contributed by atoms with Crippen molar-refractivity contribution in [3.05, 3.63) is 52.2 Å². The molecule has 0 radical (unpaired) electrons. The zero-order valence-corrected chi connectivity index (χ0v) is 12.0. The normalized spacial score (nSPS) is 17.1. The summed E-state index contributed by atoms with van der Waals surface area (Å²) in [6, 6.07) is 8.20.